The highest BCUT2D eigenvalue weighted by atomic mass is 16.5. The number of likely N-dealkylation sites (N-methyl/N-ethyl adjacent to an activating group) is 4. The second-order valence-corrected chi connectivity index (χ2v) is 20.0. The summed E-state index contributed by atoms with van der Waals surface area (Å²) in [5.74, 6) is -9.17. The van der Waals surface area contributed by atoms with E-state index in [0.29, 0.717) is 12.0 Å². The van der Waals surface area contributed by atoms with Gasteiger partial charge >= 0.3 is 5.97 Å². The lowest BCUT2D eigenvalue weighted by molar-refractivity contribution is -0.164. The Bertz CT molecular complexity index is 2060. The van der Waals surface area contributed by atoms with Crippen molar-refractivity contribution < 1.29 is 57.8 Å². The lowest BCUT2D eigenvalue weighted by atomic mass is 9.82. The first-order chi connectivity index (χ1) is 32.4. The zero-order chi connectivity index (χ0) is 53.7. The Hall–Kier alpha value is -6.08. The maximum absolute atomic E-state index is 14.5. The van der Waals surface area contributed by atoms with E-state index < -0.39 is 138 Å². The molecule has 9 atom stereocenters. The van der Waals surface area contributed by atoms with Crippen LogP contribution in [-0.2, 0) is 59.1 Å². The minimum atomic E-state index is -1.80. The van der Waals surface area contributed by atoms with Crippen molar-refractivity contribution in [2.24, 2.45) is 29.1 Å². The Balaban J connectivity index is 2.71. The summed E-state index contributed by atoms with van der Waals surface area (Å²) in [6.45, 7) is 18.3. The molecule has 8 amide bonds. The number of rotatable bonds is 8. The first-order valence-corrected chi connectivity index (χ1v) is 24.2. The van der Waals surface area contributed by atoms with Crippen molar-refractivity contribution >= 4 is 59.0 Å². The lowest BCUT2D eigenvalue weighted by Gasteiger charge is -2.37. The van der Waals surface area contributed by atoms with E-state index in [9.17, 15) is 53.1 Å². The number of nitrogens with one attached hydrogen (secondary N) is 4. The Morgan fingerprint density at radius 3 is 1.76 bits per heavy atom. The average Bonchev–Trinajstić information content (AvgIpc) is 3.31. The number of ketones is 1. The van der Waals surface area contributed by atoms with Crippen LogP contribution in [0.1, 0.15) is 108 Å². The van der Waals surface area contributed by atoms with Crippen molar-refractivity contribution in [3.05, 3.63) is 29.8 Å². The molecule has 2 rings (SSSR count). The van der Waals surface area contributed by atoms with Gasteiger partial charge in [-0.1, -0.05) is 60.6 Å². The SMILES string of the molecule is CCC(C)C1OC(=O)C(C)C(CC)NC(=O)[C@H](C)N(C)C(=O)C(C)(C)C(=O)C(C)NC(=O)C(Cc2ccc(O)cc2)N(C)C(=O)[C@H](C(C)C)N(C)C(=O)CNC(=O)[C@H](CC(C)C)N(C)C(=O)CNC1=O. The van der Waals surface area contributed by atoms with Gasteiger partial charge in [0.05, 0.1) is 25.0 Å². The molecule has 0 aromatic heterocycles. The number of benzene rings is 1. The van der Waals surface area contributed by atoms with Crippen LogP contribution in [0.4, 0.5) is 0 Å². The highest BCUT2D eigenvalue weighted by Gasteiger charge is 2.45. The van der Waals surface area contributed by atoms with E-state index in [1.807, 2.05) is 13.8 Å². The topological polar surface area (TPSA) is 261 Å². The molecule has 1 aliphatic rings. The summed E-state index contributed by atoms with van der Waals surface area (Å²) in [5.41, 5.74) is -1.26. The minimum Gasteiger partial charge on any atom is -0.508 e. The fourth-order valence-electron chi connectivity index (χ4n) is 8.27. The normalized spacial score (nSPS) is 26.9. The van der Waals surface area contributed by atoms with Crippen molar-refractivity contribution in [2.75, 3.05) is 41.3 Å². The van der Waals surface area contributed by atoms with Gasteiger partial charge in [-0.15, -0.1) is 0 Å². The molecule has 20 nitrogen and oxygen atoms in total. The van der Waals surface area contributed by atoms with Crippen LogP contribution in [0.15, 0.2) is 24.3 Å². The van der Waals surface area contributed by atoms with Crippen LogP contribution in [0, 0.1) is 29.1 Å². The fraction of sp³-hybridized carbons (Fsp3) is 0.680. The standard InChI is InChI=1S/C50H80N8O12/c1-17-29(7)41-46(66)52-25-38(60)56(14)36(23-27(3)4)44(64)51-26-39(61)58(16)40(28(5)6)47(67)57(15)37(24-33-19-21-34(59)22-20-33)45(65)53-31(9)42(62)50(11,12)49(69)55(13)32(10)43(63)54-35(18-2)30(8)48(68)70-41/h19-22,27-32,35-37,40-41,59H,17-18,23-26H2,1-16H3,(H,51,64)(H,52,66)(H,53,65)(H,54,63)/t29?,30?,31?,32-,35?,36-,37?,40-,41?/m0/s1. The van der Waals surface area contributed by atoms with Crippen LogP contribution in [0.5, 0.6) is 5.75 Å². The summed E-state index contributed by atoms with van der Waals surface area (Å²) in [6.07, 6.45) is -0.575. The number of phenols is 1. The molecule has 1 heterocycles. The van der Waals surface area contributed by atoms with Crippen LogP contribution in [0.3, 0.4) is 0 Å². The summed E-state index contributed by atoms with van der Waals surface area (Å²) < 4.78 is 5.77. The van der Waals surface area contributed by atoms with Gasteiger partial charge in [0.2, 0.25) is 41.4 Å². The molecule has 1 aliphatic heterocycles. The molecule has 1 fully saturated rings. The Morgan fingerprint density at radius 1 is 0.700 bits per heavy atom. The summed E-state index contributed by atoms with van der Waals surface area (Å²) in [5, 5.41) is 20.6. The van der Waals surface area contributed by atoms with Crippen LogP contribution in [-0.4, -0.2) is 167 Å². The fourth-order valence-corrected chi connectivity index (χ4v) is 8.27. The van der Waals surface area contributed by atoms with Gasteiger partial charge in [-0.2, -0.15) is 0 Å². The van der Waals surface area contributed by atoms with E-state index in [4.69, 9.17) is 4.74 Å². The smallest absolute Gasteiger partial charge is 0.311 e. The molecule has 5 N–H and O–H groups in total. The van der Waals surface area contributed by atoms with Gasteiger partial charge in [0.25, 0.3) is 5.91 Å². The quantitative estimate of drug-likeness (QED) is 0.185. The predicted octanol–water partition coefficient (Wildman–Crippen LogP) is 1.80. The van der Waals surface area contributed by atoms with Crippen LogP contribution >= 0.6 is 0 Å². The highest BCUT2D eigenvalue weighted by molar-refractivity contribution is 6.09. The number of esters is 1. The third kappa shape index (κ3) is 15.5. The lowest BCUT2D eigenvalue weighted by Crippen LogP contribution is -2.60. The van der Waals surface area contributed by atoms with Crippen LogP contribution in [0.2, 0.25) is 0 Å². The van der Waals surface area contributed by atoms with Crippen LogP contribution in [0.25, 0.3) is 0 Å². The van der Waals surface area contributed by atoms with Crippen molar-refractivity contribution in [3.8, 4) is 5.75 Å². The predicted molar refractivity (Wildman–Crippen MR) is 261 cm³/mol. The molecule has 1 aromatic rings. The van der Waals surface area contributed by atoms with Gasteiger partial charge in [-0.3, -0.25) is 47.9 Å². The molecule has 1 saturated heterocycles. The summed E-state index contributed by atoms with van der Waals surface area (Å²) >= 11 is 0. The second kappa shape index (κ2) is 26.2. The van der Waals surface area contributed by atoms with Gasteiger partial charge in [0.15, 0.2) is 11.9 Å². The number of aromatic hydroxyl groups is 1. The van der Waals surface area contributed by atoms with Crippen molar-refractivity contribution in [1.82, 2.24) is 40.9 Å². The summed E-state index contributed by atoms with van der Waals surface area (Å²) in [6, 6.07) is -0.844. The molecule has 0 bridgehead atoms. The molecule has 392 valence electrons. The molecular formula is C50H80N8O12. The number of nitrogens with zero attached hydrogens (tertiary/aromatic N) is 4. The van der Waals surface area contributed by atoms with E-state index in [1.165, 1.54) is 89.6 Å². The Labute approximate surface area is 413 Å². The molecule has 0 spiro atoms. The Kier molecular flexibility index (Phi) is 22.5. The molecule has 6 unspecified atom stereocenters. The number of cyclic esters (lactones) is 1. The molecule has 0 radical (unpaired) electrons. The molecule has 70 heavy (non-hydrogen) atoms. The molecule has 0 aliphatic carbocycles. The number of amides is 8. The summed E-state index contributed by atoms with van der Waals surface area (Å²) in [7, 11) is 5.52. The number of phenolic OH excluding ortho intramolecular Hbond substituents is 1. The molecule has 1 aromatic carbocycles. The second-order valence-electron chi connectivity index (χ2n) is 20.0. The van der Waals surface area contributed by atoms with Gasteiger partial charge in [0, 0.05) is 46.6 Å². The van der Waals surface area contributed by atoms with E-state index in [1.54, 1.807) is 46.8 Å². The zero-order valence-corrected chi connectivity index (χ0v) is 44.1. The average molecular weight is 985 g/mol. The molecule has 20 heteroatoms. The van der Waals surface area contributed by atoms with Crippen molar-refractivity contribution in [1.29, 1.82) is 0 Å². The van der Waals surface area contributed by atoms with E-state index in [2.05, 4.69) is 21.3 Å². The van der Waals surface area contributed by atoms with E-state index >= 15 is 0 Å². The largest absolute Gasteiger partial charge is 0.508 e. The van der Waals surface area contributed by atoms with E-state index in [-0.39, 0.29) is 30.9 Å². The van der Waals surface area contributed by atoms with Crippen LogP contribution < -0.4 is 21.3 Å². The number of carbonyl (C=O) groups is 10. The maximum Gasteiger partial charge on any atom is 0.311 e. The number of ether oxygens (including phenoxy) is 1. The van der Waals surface area contributed by atoms with E-state index in [0.717, 1.165) is 4.90 Å². The highest BCUT2D eigenvalue weighted by Crippen LogP contribution is 2.25. The number of carbonyl (C=O) groups excluding carboxylic acids is 10. The number of Topliss-reactive ketones (excluding diaryl/α,β-unsaturated/α-hetero) is 1. The van der Waals surface area contributed by atoms with Crippen molar-refractivity contribution in [2.45, 2.75) is 151 Å². The number of hydrogen-bond acceptors (Lipinski definition) is 12. The maximum atomic E-state index is 14.5. The molecular weight excluding hydrogens is 905 g/mol. The third-order valence-corrected chi connectivity index (χ3v) is 13.5. The van der Waals surface area contributed by atoms with Gasteiger partial charge in [-0.25, -0.2) is 0 Å². The monoisotopic (exact) mass is 985 g/mol. The van der Waals surface area contributed by atoms with Gasteiger partial charge in [0.1, 0.15) is 35.3 Å². The first-order valence-electron chi connectivity index (χ1n) is 24.2. The van der Waals surface area contributed by atoms with Crippen molar-refractivity contribution in [3.63, 3.8) is 0 Å². The van der Waals surface area contributed by atoms with Gasteiger partial charge < -0.3 is 50.7 Å². The third-order valence-electron chi connectivity index (χ3n) is 13.5. The minimum absolute atomic E-state index is 0.0360. The number of hydrogen-bond donors (Lipinski definition) is 5. The Morgan fingerprint density at radius 2 is 1.24 bits per heavy atom. The molecule has 0 saturated carbocycles. The van der Waals surface area contributed by atoms with Gasteiger partial charge in [-0.05, 0) is 83.4 Å². The summed E-state index contributed by atoms with van der Waals surface area (Å²) in [4.78, 5) is 144. The zero-order valence-electron chi connectivity index (χ0n) is 44.1. The first kappa shape index (κ1) is 60.0.